The molecule has 0 saturated carbocycles. The number of nitrogens with zero attached hydrogens (tertiary/aromatic N) is 1. The topological polar surface area (TPSA) is 117 Å². The number of aromatic nitrogens is 1. The largest absolute Gasteiger partial charge is 0.458 e. The average molecular weight is 524 g/mol. The molecule has 0 aliphatic rings. The van der Waals surface area contributed by atoms with Crippen molar-refractivity contribution in [3.63, 3.8) is 0 Å². The molecule has 36 heavy (non-hydrogen) atoms. The number of ketones is 1. The van der Waals surface area contributed by atoms with Crippen molar-refractivity contribution in [1.29, 1.82) is 0 Å². The summed E-state index contributed by atoms with van der Waals surface area (Å²) in [4.78, 5) is 30.3. The summed E-state index contributed by atoms with van der Waals surface area (Å²) in [5.74, 6) is -2.01. The molecule has 1 aromatic rings. The van der Waals surface area contributed by atoms with E-state index < -0.39 is 41.2 Å². The van der Waals surface area contributed by atoms with Crippen molar-refractivity contribution in [2.24, 2.45) is 17.3 Å². The molecule has 0 unspecified atom stereocenters. The molecule has 3 N–H and O–H groups in total. The molecular weight excluding hydrogens is 478 g/mol. The zero-order valence-electron chi connectivity index (χ0n) is 23.2. The lowest BCUT2D eigenvalue weighted by atomic mass is 9.73. The molecule has 0 aliphatic carbocycles. The van der Waals surface area contributed by atoms with Gasteiger partial charge in [-0.2, -0.15) is 0 Å². The summed E-state index contributed by atoms with van der Waals surface area (Å²) in [6.45, 7) is 15.7. The Morgan fingerprint density at radius 1 is 1.19 bits per heavy atom. The van der Waals surface area contributed by atoms with Gasteiger partial charge >= 0.3 is 5.97 Å². The van der Waals surface area contributed by atoms with Gasteiger partial charge in [0.05, 0.1) is 40.3 Å². The van der Waals surface area contributed by atoms with Crippen molar-refractivity contribution < 1.29 is 29.6 Å². The standard InChI is InChI=1S/C28H45NO6S/c1-10-22(18(3)14-21-16-36-20(5)29-21)35-24(31)15-23(30)28(8,9)26(33)19(4)25(32)17(2)12-11-13-27(6,7)34/h11-12,14,16-17,19,22-23,25,30,32,34H,10,13,15H2,1-9H3/b12-11+,18-14+/t17-,19+,22-,23-,25-/m0/s1. The summed E-state index contributed by atoms with van der Waals surface area (Å²) in [6.07, 6.45) is 3.42. The van der Waals surface area contributed by atoms with Crippen molar-refractivity contribution in [2.75, 3.05) is 0 Å². The lowest BCUT2D eigenvalue weighted by Gasteiger charge is -2.34. The van der Waals surface area contributed by atoms with Gasteiger partial charge in [0.2, 0.25) is 0 Å². The zero-order valence-corrected chi connectivity index (χ0v) is 24.1. The van der Waals surface area contributed by atoms with Crippen molar-refractivity contribution in [3.05, 3.63) is 33.8 Å². The van der Waals surface area contributed by atoms with Gasteiger partial charge in [0.15, 0.2) is 0 Å². The predicted molar refractivity (Wildman–Crippen MR) is 144 cm³/mol. The van der Waals surface area contributed by atoms with Crippen LogP contribution in [0.2, 0.25) is 0 Å². The number of Topliss-reactive ketones (excluding diaryl/α,β-unsaturated/α-hetero) is 1. The fraction of sp³-hybridized carbons (Fsp3) is 0.679. The van der Waals surface area contributed by atoms with Crippen molar-refractivity contribution >= 4 is 29.2 Å². The SMILES string of the molecule is CC[C@H](OC(=O)C[C@H](O)C(C)(C)C(=O)[C@H](C)[C@@H](O)[C@@H](C)/C=C/CC(C)(C)O)/C(C)=C/c1csc(C)n1. The van der Waals surface area contributed by atoms with Crippen LogP contribution in [0, 0.1) is 24.2 Å². The molecule has 1 rings (SSSR count). The van der Waals surface area contributed by atoms with E-state index in [1.54, 1.807) is 65.0 Å². The summed E-state index contributed by atoms with van der Waals surface area (Å²) in [5.41, 5.74) is -0.452. The Labute approximate surface area is 220 Å². The highest BCUT2D eigenvalue weighted by Crippen LogP contribution is 2.31. The van der Waals surface area contributed by atoms with Crippen molar-refractivity contribution in [2.45, 2.75) is 105 Å². The summed E-state index contributed by atoms with van der Waals surface area (Å²) in [6, 6.07) is 0. The van der Waals surface area contributed by atoms with Gasteiger partial charge < -0.3 is 20.1 Å². The molecule has 1 aromatic heterocycles. The monoisotopic (exact) mass is 523 g/mol. The van der Waals surface area contributed by atoms with E-state index in [1.165, 1.54) is 0 Å². The minimum absolute atomic E-state index is 0.328. The number of carbonyl (C=O) groups excluding carboxylic acids is 2. The summed E-state index contributed by atoms with van der Waals surface area (Å²) >= 11 is 1.54. The molecule has 0 bridgehead atoms. The Morgan fingerprint density at radius 3 is 2.31 bits per heavy atom. The van der Waals surface area contributed by atoms with Crippen molar-refractivity contribution in [3.8, 4) is 0 Å². The highest BCUT2D eigenvalue weighted by Gasteiger charge is 2.42. The number of esters is 1. The third-order valence-electron chi connectivity index (χ3n) is 6.51. The molecule has 5 atom stereocenters. The molecule has 204 valence electrons. The molecule has 0 spiro atoms. The number of hydrogen-bond donors (Lipinski definition) is 3. The first-order valence-electron chi connectivity index (χ1n) is 12.6. The molecule has 0 saturated heterocycles. The van der Waals surface area contributed by atoms with Gasteiger partial charge in [-0.1, -0.05) is 46.8 Å². The van der Waals surface area contributed by atoms with Crippen LogP contribution in [0.25, 0.3) is 6.08 Å². The van der Waals surface area contributed by atoms with Crippen LogP contribution in [0.3, 0.4) is 0 Å². The quantitative estimate of drug-likeness (QED) is 0.235. The summed E-state index contributed by atoms with van der Waals surface area (Å²) < 4.78 is 5.62. The van der Waals surface area contributed by atoms with Crippen LogP contribution in [-0.2, 0) is 14.3 Å². The van der Waals surface area contributed by atoms with E-state index >= 15 is 0 Å². The molecule has 0 aromatic carbocycles. The van der Waals surface area contributed by atoms with Crippen molar-refractivity contribution in [1.82, 2.24) is 4.98 Å². The van der Waals surface area contributed by atoms with E-state index in [9.17, 15) is 24.9 Å². The smallest absolute Gasteiger partial charge is 0.309 e. The first-order valence-corrected chi connectivity index (χ1v) is 13.5. The normalized spacial score (nSPS) is 17.5. The van der Waals surface area contributed by atoms with Crippen LogP contribution in [0.4, 0.5) is 0 Å². The van der Waals surface area contributed by atoms with Gasteiger partial charge in [0.25, 0.3) is 0 Å². The third-order valence-corrected chi connectivity index (χ3v) is 7.31. The fourth-order valence-corrected chi connectivity index (χ4v) is 4.51. The van der Waals surface area contributed by atoms with Crippen LogP contribution in [0.1, 0.15) is 85.4 Å². The number of aliphatic hydroxyl groups is 3. The van der Waals surface area contributed by atoms with Crippen LogP contribution in [0.15, 0.2) is 23.1 Å². The highest BCUT2D eigenvalue weighted by molar-refractivity contribution is 7.09. The Morgan fingerprint density at radius 2 is 1.81 bits per heavy atom. The van der Waals surface area contributed by atoms with Gasteiger partial charge in [-0.3, -0.25) is 9.59 Å². The molecule has 7 nitrogen and oxygen atoms in total. The van der Waals surface area contributed by atoms with E-state index in [0.717, 1.165) is 16.3 Å². The Bertz CT molecular complexity index is 927. The van der Waals surface area contributed by atoms with Crippen LogP contribution < -0.4 is 0 Å². The molecule has 0 aliphatic heterocycles. The number of aliphatic hydroxyl groups excluding tert-OH is 2. The first kappa shape index (κ1) is 32.2. The lowest BCUT2D eigenvalue weighted by Crippen LogP contribution is -2.45. The maximum Gasteiger partial charge on any atom is 0.309 e. The first-order chi connectivity index (χ1) is 16.5. The second kappa shape index (κ2) is 13.6. The molecule has 0 amide bonds. The maximum atomic E-state index is 13.2. The number of aryl methyl sites for hydroxylation is 1. The molecule has 1 heterocycles. The number of thiazole rings is 1. The Balaban J connectivity index is 2.79. The van der Waals surface area contributed by atoms with Gasteiger partial charge in [-0.05, 0) is 52.2 Å². The summed E-state index contributed by atoms with van der Waals surface area (Å²) in [7, 11) is 0. The van der Waals surface area contributed by atoms with Gasteiger partial charge in [-0.15, -0.1) is 11.3 Å². The van der Waals surface area contributed by atoms with Gasteiger partial charge in [0.1, 0.15) is 11.9 Å². The number of hydrogen-bond acceptors (Lipinski definition) is 8. The number of rotatable bonds is 14. The molecule has 0 radical (unpaired) electrons. The van der Waals surface area contributed by atoms with E-state index in [4.69, 9.17) is 4.74 Å². The Hall–Kier alpha value is -1.87. The fourth-order valence-electron chi connectivity index (χ4n) is 3.94. The number of ether oxygens (including phenoxy) is 1. The van der Waals surface area contributed by atoms with E-state index in [1.807, 2.05) is 32.2 Å². The maximum absolute atomic E-state index is 13.2. The molecule has 0 fully saturated rings. The van der Waals surface area contributed by atoms with Crippen LogP contribution in [-0.4, -0.2) is 56.0 Å². The third kappa shape index (κ3) is 9.88. The molecule has 8 heteroatoms. The highest BCUT2D eigenvalue weighted by atomic mass is 32.1. The zero-order chi connectivity index (χ0) is 27.8. The summed E-state index contributed by atoms with van der Waals surface area (Å²) in [5, 5.41) is 34.3. The van der Waals surface area contributed by atoms with E-state index in [2.05, 4.69) is 4.98 Å². The molecular formula is C28H45NO6S. The average Bonchev–Trinajstić information content (AvgIpc) is 3.18. The van der Waals surface area contributed by atoms with E-state index in [0.29, 0.717) is 12.8 Å². The van der Waals surface area contributed by atoms with Gasteiger partial charge in [-0.25, -0.2) is 4.98 Å². The van der Waals surface area contributed by atoms with E-state index in [-0.39, 0.29) is 18.1 Å². The minimum atomic E-state index is -1.27. The van der Waals surface area contributed by atoms with Crippen LogP contribution >= 0.6 is 11.3 Å². The predicted octanol–water partition coefficient (Wildman–Crippen LogP) is 4.87. The second-order valence-corrected chi connectivity index (χ2v) is 12.0. The second-order valence-electron chi connectivity index (χ2n) is 11.0. The van der Waals surface area contributed by atoms with Gasteiger partial charge in [0, 0.05) is 17.2 Å². The number of carbonyl (C=O) groups is 2. The lowest BCUT2D eigenvalue weighted by molar-refractivity contribution is -0.154. The van der Waals surface area contributed by atoms with Crippen LogP contribution in [0.5, 0.6) is 0 Å². The minimum Gasteiger partial charge on any atom is -0.458 e. The Kier molecular flexibility index (Phi) is 12.2.